The zero-order valence-electron chi connectivity index (χ0n) is 19.3. The third-order valence-corrected chi connectivity index (χ3v) is 6.27. The van der Waals surface area contributed by atoms with E-state index in [1.165, 1.54) is 29.8 Å². The fourth-order valence-corrected chi connectivity index (χ4v) is 4.56. The van der Waals surface area contributed by atoms with Crippen molar-refractivity contribution in [3.05, 3.63) is 89.8 Å². The molecular formula is C27H29FN4O2. The van der Waals surface area contributed by atoms with Crippen LogP contribution >= 0.6 is 0 Å². The number of hydrogen-bond acceptors (Lipinski definition) is 4. The molecule has 2 amide bonds. The van der Waals surface area contributed by atoms with Gasteiger partial charge in [0.25, 0.3) is 0 Å². The molecule has 0 saturated heterocycles. The lowest BCUT2D eigenvalue weighted by Crippen LogP contribution is -2.48. The Labute approximate surface area is 199 Å². The number of rotatable bonds is 7. The van der Waals surface area contributed by atoms with Gasteiger partial charge in [-0.3, -0.25) is 14.5 Å². The summed E-state index contributed by atoms with van der Waals surface area (Å²) in [6.45, 7) is 1.91. The second kappa shape index (κ2) is 11.0. The topological polar surface area (TPSA) is 75.2 Å². The highest BCUT2D eigenvalue weighted by Gasteiger charge is 2.35. The molecule has 0 aliphatic heterocycles. The van der Waals surface area contributed by atoms with Gasteiger partial charge in [0.15, 0.2) is 0 Å². The molecule has 7 heteroatoms. The van der Waals surface area contributed by atoms with Crippen LogP contribution in [0.1, 0.15) is 54.8 Å². The Morgan fingerprint density at radius 1 is 1.06 bits per heavy atom. The summed E-state index contributed by atoms with van der Waals surface area (Å²) in [7, 11) is 0. The van der Waals surface area contributed by atoms with E-state index >= 15 is 0 Å². The molecule has 0 spiro atoms. The molecular weight excluding hydrogens is 431 g/mol. The van der Waals surface area contributed by atoms with Gasteiger partial charge in [0.1, 0.15) is 18.2 Å². The van der Waals surface area contributed by atoms with E-state index in [0.717, 1.165) is 31.2 Å². The van der Waals surface area contributed by atoms with E-state index in [1.54, 1.807) is 24.5 Å². The van der Waals surface area contributed by atoms with Gasteiger partial charge >= 0.3 is 0 Å². The molecule has 2 aromatic carbocycles. The van der Waals surface area contributed by atoms with Crippen LogP contribution in [0.15, 0.2) is 67.3 Å². The van der Waals surface area contributed by atoms with Crippen LogP contribution < -0.4 is 10.2 Å². The average Bonchev–Trinajstić information content (AvgIpc) is 2.84. The highest BCUT2D eigenvalue weighted by molar-refractivity contribution is 6.02. The Kier molecular flexibility index (Phi) is 7.62. The van der Waals surface area contributed by atoms with Crippen molar-refractivity contribution in [1.29, 1.82) is 0 Å². The molecule has 0 radical (unpaired) electrons. The molecule has 1 saturated carbocycles. The highest BCUT2D eigenvalue weighted by Crippen LogP contribution is 2.31. The maximum Gasteiger partial charge on any atom is 0.248 e. The van der Waals surface area contributed by atoms with Crippen molar-refractivity contribution in [3.8, 4) is 0 Å². The zero-order chi connectivity index (χ0) is 23.9. The van der Waals surface area contributed by atoms with Crippen molar-refractivity contribution in [2.75, 3.05) is 4.90 Å². The lowest BCUT2D eigenvalue weighted by atomic mass is 9.93. The smallest absolute Gasteiger partial charge is 0.248 e. The van der Waals surface area contributed by atoms with Crippen molar-refractivity contribution in [2.24, 2.45) is 0 Å². The largest absolute Gasteiger partial charge is 0.351 e. The summed E-state index contributed by atoms with van der Waals surface area (Å²) in [5.74, 6) is -1.08. The van der Waals surface area contributed by atoms with Crippen LogP contribution in [0.4, 0.5) is 10.1 Å². The number of aryl methyl sites for hydroxylation is 1. The molecule has 1 aliphatic rings. The number of amides is 2. The number of nitrogens with one attached hydrogen (secondary N) is 1. The Morgan fingerprint density at radius 3 is 2.50 bits per heavy atom. The predicted octanol–water partition coefficient (Wildman–Crippen LogP) is 4.69. The number of aromatic nitrogens is 2. The summed E-state index contributed by atoms with van der Waals surface area (Å²) in [6, 6.07) is 12.4. The lowest BCUT2D eigenvalue weighted by Gasteiger charge is -2.34. The maximum atomic E-state index is 14.3. The SMILES string of the molecule is Cc1ccccc1C(C(=O)NC1CCCCC1)N(C(=O)Cc1cncnc1)c1cccc(F)c1. The van der Waals surface area contributed by atoms with Gasteiger partial charge in [0.05, 0.1) is 6.42 Å². The Hall–Kier alpha value is -3.61. The van der Waals surface area contributed by atoms with Crippen LogP contribution in [-0.2, 0) is 16.0 Å². The van der Waals surface area contributed by atoms with E-state index in [9.17, 15) is 14.0 Å². The predicted molar refractivity (Wildman–Crippen MR) is 129 cm³/mol. The molecule has 1 heterocycles. The first-order valence-corrected chi connectivity index (χ1v) is 11.7. The number of benzene rings is 2. The fourth-order valence-electron chi connectivity index (χ4n) is 4.56. The molecule has 176 valence electrons. The molecule has 1 aliphatic carbocycles. The zero-order valence-corrected chi connectivity index (χ0v) is 19.3. The van der Waals surface area contributed by atoms with E-state index in [0.29, 0.717) is 16.8 Å². The number of halogens is 1. The van der Waals surface area contributed by atoms with Gasteiger partial charge in [-0.15, -0.1) is 0 Å². The van der Waals surface area contributed by atoms with Gasteiger partial charge in [-0.25, -0.2) is 14.4 Å². The molecule has 1 N–H and O–H groups in total. The summed E-state index contributed by atoms with van der Waals surface area (Å²) < 4.78 is 14.3. The van der Waals surface area contributed by atoms with Crippen molar-refractivity contribution in [2.45, 2.75) is 57.5 Å². The Balaban J connectivity index is 1.77. The second-order valence-corrected chi connectivity index (χ2v) is 8.77. The van der Waals surface area contributed by atoms with Crippen LogP contribution in [0.2, 0.25) is 0 Å². The van der Waals surface area contributed by atoms with Gasteiger partial charge in [0.2, 0.25) is 11.8 Å². The van der Waals surface area contributed by atoms with Crippen molar-refractivity contribution >= 4 is 17.5 Å². The monoisotopic (exact) mass is 460 g/mol. The van der Waals surface area contributed by atoms with Gasteiger partial charge in [-0.1, -0.05) is 49.6 Å². The number of nitrogens with zero attached hydrogens (tertiary/aromatic N) is 3. The minimum absolute atomic E-state index is 0.0174. The van der Waals surface area contributed by atoms with Gasteiger partial charge < -0.3 is 5.32 Å². The summed E-state index contributed by atoms with van der Waals surface area (Å²) in [4.78, 5) is 36.9. The van der Waals surface area contributed by atoms with E-state index in [1.807, 2.05) is 31.2 Å². The average molecular weight is 461 g/mol. The first kappa shape index (κ1) is 23.5. The highest BCUT2D eigenvalue weighted by atomic mass is 19.1. The molecule has 6 nitrogen and oxygen atoms in total. The number of anilines is 1. The minimum Gasteiger partial charge on any atom is -0.351 e. The Bertz CT molecular complexity index is 1130. The number of carbonyl (C=O) groups is 2. The summed E-state index contributed by atoms with van der Waals surface area (Å²) in [5.41, 5.74) is 2.53. The molecule has 1 aromatic heterocycles. The Morgan fingerprint density at radius 2 is 1.79 bits per heavy atom. The second-order valence-electron chi connectivity index (χ2n) is 8.77. The molecule has 1 unspecified atom stereocenters. The molecule has 34 heavy (non-hydrogen) atoms. The van der Waals surface area contributed by atoms with Crippen LogP contribution in [0, 0.1) is 12.7 Å². The van der Waals surface area contributed by atoms with Crippen LogP contribution in [0.25, 0.3) is 0 Å². The molecule has 1 atom stereocenters. The quantitative estimate of drug-likeness (QED) is 0.555. The van der Waals surface area contributed by atoms with Crippen molar-refractivity contribution in [3.63, 3.8) is 0 Å². The van der Waals surface area contributed by atoms with Gasteiger partial charge in [-0.2, -0.15) is 0 Å². The summed E-state index contributed by atoms with van der Waals surface area (Å²) >= 11 is 0. The van der Waals surface area contributed by atoms with E-state index in [2.05, 4.69) is 15.3 Å². The molecule has 0 bridgehead atoms. The van der Waals surface area contributed by atoms with Crippen molar-refractivity contribution < 1.29 is 14.0 Å². The van der Waals surface area contributed by atoms with Crippen LogP contribution in [0.3, 0.4) is 0 Å². The molecule has 3 aromatic rings. The fraction of sp³-hybridized carbons (Fsp3) is 0.333. The summed E-state index contributed by atoms with van der Waals surface area (Å²) in [6.07, 6.45) is 9.66. The normalized spacial score (nSPS) is 14.9. The third kappa shape index (κ3) is 5.65. The van der Waals surface area contributed by atoms with Crippen molar-refractivity contribution in [1.82, 2.24) is 15.3 Å². The van der Waals surface area contributed by atoms with Crippen LogP contribution in [0.5, 0.6) is 0 Å². The van der Waals surface area contributed by atoms with E-state index in [4.69, 9.17) is 0 Å². The maximum absolute atomic E-state index is 14.3. The summed E-state index contributed by atoms with van der Waals surface area (Å²) in [5, 5.41) is 3.18. The number of carbonyl (C=O) groups excluding carboxylic acids is 2. The minimum atomic E-state index is -0.943. The first-order valence-electron chi connectivity index (χ1n) is 11.7. The number of hydrogen-bond donors (Lipinski definition) is 1. The third-order valence-electron chi connectivity index (χ3n) is 6.27. The van der Waals surface area contributed by atoms with Crippen LogP contribution in [-0.4, -0.2) is 27.8 Å². The molecule has 1 fully saturated rings. The standard InChI is InChI=1S/C27H29FN4O2/c1-19-8-5-6-13-24(19)26(27(34)31-22-10-3-2-4-11-22)32(23-12-7-9-21(28)15-23)25(33)14-20-16-29-18-30-17-20/h5-9,12-13,15-18,22,26H,2-4,10-11,14H2,1H3,(H,31,34). The van der Waals surface area contributed by atoms with Gasteiger partial charge in [-0.05, 0) is 54.7 Å². The van der Waals surface area contributed by atoms with E-state index in [-0.39, 0.29) is 24.3 Å². The van der Waals surface area contributed by atoms with E-state index < -0.39 is 11.9 Å². The van der Waals surface area contributed by atoms with Gasteiger partial charge in [0, 0.05) is 24.1 Å². The lowest BCUT2D eigenvalue weighted by molar-refractivity contribution is -0.127. The first-order chi connectivity index (χ1) is 16.5. The molecule has 4 rings (SSSR count).